The van der Waals surface area contributed by atoms with Crippen molar-refractivity contribution in [1.29, 1.82) is 0 Å². The first-order valence-electron chi connectivity index (χ1n) is 5.75. The second kappa shape index (κ2) is 5.57. The van der Waals surface area contributed by atoms with Crippen LogP contribution in [0.3, 0.4) is 0 Å². The lowest BCUT2D eigenvalue weighted by atomic mass is 10.2. The summed E-state index contributed by atoms with van der Waals surface area (Å²) in [6.45, 7) is 0.922. The van der Waals surface area contributed by atoms with Crippen LogP contribution in [-0.4, -0.2) is 34.5 Å². The minimum Gasteiger partial charge on any atom is -0.329 e. The van der Waals surface area contributed by atoms with Gasteiger partial charge in [0.25, 0.3) is 5.91 Å². The Morgan fingerprint density at radius 2 is 2.11 bits per heavy atom. The molecule has 7 heteroatoms. The van der Waals surface area contributed by atoms with Gasteiger partial charge in [-0.1, -0.05) is 5.21 Å². The van der Waals surface area contributed by atoms with Crippen LogP contribution >= 0.6 is 0 Å². The Morgan fingerprint density at radius 3 is 2.74 bits per heavy atom. The van der Waals surface area contributed by atoms with Crippen LogP contribution < -0.4 is 10.6 Å². The second-order valence-corrected chi connectivity index (χ2v) is 4.00. The average molecular weight is 263 g/mol. The van der Waals surface area contributed by atoms with Crippen molar-refractivity contribution in [3.63, 3.8) is 0 Å². The third-order valence-electron chi connectivity index (χ3n) is 2.63. The molecule has 0 saturated carbocycles. The molecule has 0 aliphatic carbocycles. The highest BCUT2D eigenvalue weighted by molar-refractivity contribution is 6.04. The maximum Gasteiger partial charge on any atom is 0.280 e. The predicted octanol–water partition coefficient (Wildman–Crippen LogP) is 0.652. The lowest BCUT2D eigenvalue weighted by Gasteiger charge is -2.15. The highest BCUT2D eigenvalue weighted by Gasteiger charge is 2.17. The van der Waals surface area contributed by atoms with Gasteiger partial charge in [0, 0.05) is 19.3 Å². The van der Waals surface area contributed by atoms with E-state index in [9.17, 15) is 9.18 Å². The summed E-state index contributed by atoms with van der Waals surface area (Å²) < 4.78 is 14.3. The Balaban J connectivity index is 2.15. The summed E-state index contributed by atoms with van der Waals surface area (Å²) in [5.41, 5.74) is 6.20. The van der Waals surface area contributed by atoms with E-state index in [2.05, 4.69) is 10.3 Å². The van der Waals surface area contributed by atoms with E-state index in [0.717, 1.165) is 0 Å². The zero-order chi connectivity index (χ0) is 13.8. The van der Waals surface area contributed by atoms with Crippen LogP contribution in [0.5, 0.6) is 0 Å². The fraction of sp³-hybridized carbons (Fsp3) is 0.250. The summed E-state index contributed by atoms with van der Waals surface area (Å²) in [5.74, 6) is -0.659. The number of nitrogens with two attached hydrogens (primary N) is 1. The Labute approximate surface area is 109 Å². The van der Waals surface area contributed by atoms with Gasteiger partial charge in [0.05, 0.1) is 12.7 Å². The molecule has 0 fully saturated rings. The molecule has 0 aliphatic rings. The normalized spacial score (nSPS) is 10.5. The van der Waals surface area contributed by atoms with Crippen molar-refractivity contribution >= 4 is 11.6 Å². The van der Waals surface area contributed by atoms with Gasteiger partial charge in [-0.05, 0) is 24.3 Å². The average Bonchev–Trinajstić information content (AvgIpc) is 2.87. The van der Waals surface area contributed by atoms with Gasteiger partial charge in [0.2, 0.25) is 0 Å². The molecule has 1 amide bonds. The number of anilines is 1. The highest BCUT2D eigenvalue weighted by Crippen LogP contribution is 2.15. The molecular weight excluding hydrogens is 249 g/mol. The van der Waals surface area contributed by atoms with Gasteiger partial charge in [-0.3, -0.25) is 9.48 Å². The van der Waals surface area contributed by atoms with E-state index >= 15 is 0 Å². The quantitative estimate of drug-likeness (QED) is 0.878. The van der Waals surface area contributed by atoms with Gasteiger partial charge in [-0.15, -0.1) is 5.10 Å². The van der Waals surface area contributed by atoms with E-state index in [0.29, 0.717) is 18.8 Å². The molecule has 0 radical (unpaired) electrons. The monoisotopic (exact) mass is 263 g/mol. The molecule has 0 atom stereocenters. The summed E-state index contributed by atoms with van der Waals surface area (Å²) in [4.78, 5) is 13.5. The second-order valence-electron chi connectivity index (χ2n) is 4.00. The number of carbonyl (C=O) groups is 1. The zero-order valence-corrected chi connectivity index (χ0v) is 10.5. The first-order valence-corrected chi connectivity index (χ1v) is 5.75. The molecule has 0 spiro atoms. The zero-order valence-electron chi connectivity index (χ0n) is 10.5. The minimum atomic E-state index is -0.349. The number of rotatable bonds is 4. The van der Waals surface area contributed by atoms with E-state index in [1.807, 2.05) is 0 Å². The van der Waals surface area contributed by atoms with Crippen molar-refractivity contribution in [3.05, 3.63) is 42.0 Å². The van der Waals surface area contributed by atoms with Crippen molar-refractivity contribution in [3.8, 4) is 0 Å². The number of amides is 1. The molecule has 100 valence electrons. The summed E-state index contributed by atoms with van der Waals surface area (Å²) in [5, 5.41) is 7.59. The standard InChI is InChI=1S/C12H14FN5O/c1-17(10-4-2-9(13)3-5-10)12(19)11-8-18(7-6-14)16-15-11/h2-5,8H,6-7,14H2,1H3. The first kappa shape index (κ1) is 13.2. The first-order chi connectivity index (χ1) is 9.11. The Morgan fingerprint density at radius 1 is 1.42 bits per heavy atom. The topological polar surface area (TPSA) is 77.0 Å². The molecule has 1 aromatic carbocycles. The lowest BCUT2D eigenvalue weighted by molar-refractivity contribution is 0.0988. The van der Waals surface area contributed by atoms with Gasteiger partial charge in [0.15, 0.2) is 5.69 Å². The molecule has 1 aromatic heterocycles. The summed E-state index contributed by atoms with van der Waals surface area (Å²) in [7, 11) is 1.59. The van der Waals surface area contributed by atoms with Crippen molar-refractivity contribution in [2.45, 2.75) is 6.54 Å². The summed E-state index contributed by atoms with van der Waals surface area (Å²) >= 11 is 0. The largest absolute Gasteiger partial charge is 0.329 e. The van der Waals surface area contributed by atoms with Crippen LogP contribution in [0.1, 0.15) is 10.5 Å². The van der Waals surface area contributed by atoms with Crippen LogP contribution in [0.15, 0.2) is 30.5 Å². The number of aromatic nitrogens is 3. The number of halogens is 1. The smallest absolute Gasteiger partial charge is 0.280 e. The Hall–Kier alpha value is -2.28. The molecule has 19 heavy (non-hydrogen) atoms. The number of benzene rings is 1. The van der Waals surface area contributed by atoms with E-state index in [4.69, 9.17) is 5.73 Å². The summed E-state index contributed by atoms with van der Waals surface area (Å²) in [6, 6.07) is 5.64. The van der Waals surface area contributed by atoms with E-state index in [1.54, 1.807) is 7.05 Å². The third-order valence-corrected chi connectivity index (χ3v) is 2.63. The fourth-order valence-corrected chi connectivity index (χ4v) is 1.59. The van der Waals surface area contributed by atoms with Gasteiger partial charge < -0.3 is 10.6 Å². The number of carbonyl (C=O) groups excluding carboxylic acids is 1. The lowest BCUT2D eigenvalue weighted by Crippen LogP contribution is -2.26. The maximum atomic E-state index is 12.8. The molecule has 2 aromatic rings. The van der Waals surface area contributed by atoms with Crippen LogP contribution in [0.4, 0.5) is 10.1 Å². The fourth-order valence-electron chi connectivity index (χ4n) is 1.59. The third kappa shape index (κ3) is 2.94. The maximum absolute atomic E-state index is 12.8. The number of nitrogens with zero attached hydrogens (tertiary/aromatic N) is 4. The molecule has 0 unspecified atom stereocenters. The molecule has 2 N–H and O–H groups in total. The van der Waals surface area contributed by atoms with Crippen molar-refractivity contribution in [1.82, 2.24) is 15.0 Å². The van der Waals surface area contributed by atoms with E-state index in [-0.39, 0.29) is 17.4 Å². The molecule has 0 saturated heterocycles. The molecule has 6 nitrogen and oxygen atoms in total. The molecule has 0 aliphatic heterocycles. The molecular formula is C12H14FN5O. The minimum absolute atomic E-state index is 0.222. The Bertz CT molecular complexity index is 566. The highest BCUT2D eigenvalue weighted by atomic mass is 19.1. The SMILES string of the molecule is CN(C(=O)c1cn(CCN)nn1)c1ccc(F)cc1. The van der Waals surface area contributed by atoms with Gasteiger partial charge in [-0.25, -0.2) is 4.39 Å². The van der Waals surface area contributed by atoms with Crippen LogP contribution in [0.25, 0.3) is 0 Å². The van der Waals surface area contributed by atoms with Gasteiger partial charge >= 0.3 is 0 Å². The van der Waals surface area contributed by atoms with Crippen molar-refractivity contribution in [2.24, 2.45) is 5.73 Å². The number of hydrogen-bond acceptors (Lipinski definition) is 4. The van der Waals surface area contributed by atoms with Crippen LogP contribution in [-0.2, 0) is 6.54 Å². The van der Waals surface area contributed by atoms with E-state index < -0.39 is 0 Å². The van der Waals surface area contributed by atoms with Gasteiger partial charge in [-0.2, -0.15) is 0 Å². The molecule has 2 rings (SSSR count). The predicted molar refractivity (Wildman–Crippen MR) is 68.2 cm³/mol. The Kier molecular flexibility index (Phi) is 3.86. The van der Waals surface area contributed by atoms with E-state index in [1.165, 1.54) is 40.0 Å². The van der Waals surface area contributed by atoms with Crippen molar-refractivity contribution in [2.75, 3.05) is 18.5 Å². The van der Waals surface area contributed by atoms with Gasteiger partial charge in [0.1, 0.15) is 5.82 Å². The van der Waals surface area contributed by atoms with Crippen molar-refractivity contribution < 1.29 is 9.18 Å². The molecule has 0 bridgehead atoms. The summed E-state index contributed by atoms with van der Waals surface area (Å²) in [6.07, 6.45) is 1.54. The van der Waals surface area contributed by atoms with Crippen LogP contribution in [0, 0.1) is 5.82 Å². The molecule has 1 heterocycles. The van der Waals surface area contributed by atoms with Crippen LogP contribution in [0.2, 0.25) is 0 Å². The number of hydrogen-bond donors (Lipinski definition) is 1.